The molecule has 3 aromatic carbocycles. The van der Waals surface area contributed by atoms with Gasteiger partial charge in [0, 0.05) is 53.5 Å². The topological polar surface area (TPSA) is 86.5 Å². The highest BCUT2D eigenvalue weighted by atomic mass is 16.5. The average Bonchev–Trinajstić information content (AvgIpc) is 3.32. The van der Waals surface area contributed by atoms with Gasteiger partial charge in [0.15, 0.2) is 0 Å². The summed E-state index contributed by atoms with van der Waals surface area (Å²) in [5, 5.41) is 6.98. The van der Waals surface area contributed by atoms with Crippen molar-refractivity contribution < 1.29 is 14.3 Å². The summed E-state index contributed by atoms with van der Waals surface area (Å²) < 4.78 is 5.43. The molecule has 3 N–H and O–H groups in total. The number of nitrogens with zero attached hydrogens (tertiary/aromatic N) is 1. The number of nitrogens with one attached hydrogen (secondary N) is 3. The molecule has 0 saturated carbocycles. The van der Waals surface area contributed by atoms with Crippen LogP contribution in [0.4, 0.5) is 11.4 Å². The molecule has 0 radical (unpaired) electrons. The largest absolute Gasteiger partial charge is 0.378 e. The van der Waals surface area contributed by atoms with E-state index in [2.05, 4.69) is 20.5 Å². The second kappa shape index (κ2) is 10.7. The number of H-pyrrole nitrogens is 1. The van der Waals surface area contributed by atoms with Gasteiger partial charge >= 0.3 is 0 Å². The van der Waals surface area contributed by atoms with Crippen LogP contribution in [0.25, 0.3) is 10.9 Å². The molecule has 0 unspecified atom stereocenters. The third-order valence-electron chi connectivity index (χ3n) is 6.55. The third kappa shape index (κ3) is 5.42. The lowest BCUT2D eigenvalue weighted by atomic mass is 10.0. The molecule has 1 aliphatic rings. The molecule has 0 spiro atoms. The number of fused-ring (bicyclic) bond motifs is 1. The van der Waals surface area contributed by atoms with Crippen LogP contribution >= 0.6 is 0 Å². The van der Waals surface area contributed by atoms with E-state index in [1.165, 1.54) is 0 Å². The lowest BCUT2D eigenvalue weighted by molar-refractivity contribution is -0.118. The number of hydrogen-bond acceptors (Lipinski definition) is 4. The number of carbonyl (C=O) groups excluding carboxylic acids is 2. The van der Waals surface area contributed by atoms with Crippen LogP contribution in [-0.4, -0.2) is 49.1 Å². The maximum atomic E-state index is 13.4. The van der Waals surface area contributed by atoms with Crippen molar-refractivity contribution in [2.75, 3.05) is 36.5 Å². The zero-order valence-electron chi connectivity index (χ0n) is 20.3. The fourth-order valence-electron chi connectivity index (χ4n) is 4.48. The van der Waals surface area contributed by atoms with Gasteiger partial charge in [0.05, 0.1) is 13.2 Å². The number of amides is 2. The molecular formula is C29H30N4O3. The Morgan fingerprint density at radius 2 is 1.69 bits per heavy atom. The summed E-state index contributed by atoms with van der Waals surface area (Å²) in [6, 6.07) is 22.3. The zero-order chi connectivity index (χ0) is 24.9. The van der Waals surface area contributed by atoms with Gasteiger partial charge < -0.3 is 25.3 Å². The number of aromatic amines is 1. The second-order valence-electron chi connectivity index (χ2n) is 9.09. The van der Waals surface area contributed by atoms with Gasteiger partial charge in [0.1, 0.15) is 6.04 Å². The molecule has 7 heteroatoms. The van der Waals surface area contributed by atoms with Crippen LogP contribution in [0, 0.1) is 6.92 Å². The van der Waals surface area contributed by atoms with Crippen LogP contribution in [-0.2, 0) is 16.0 Å². The summed E-state index contributed by atoms with van der Waals surface area (Å²) in [5.74, 6) is -0.544. The molecule has 2 amide bonds. The number of aromatic nitrogens is 1. The van der Waals surface area contributed by atoms with E-state index >= 15 is 0 Å². The van der Waals surface area contributed by atoms with Gasteiger partial charge in [-0.15, -0.1) is 0 Å². The Kier molecular flexibility index (Phi) is 7.00. The van der Waals surface area contributed by atoms with E-state index in [4.69, 9.17) is 4.74 Å². The second-order valence-corrected chi connectivity index (χ2v) is 9.09. The highest BCUT2D eigenvalue weighted by Gasteiger charge is 2.24. The third-order valence-corrected chi connectivity index (χ3v) is 6.55. The monoisotopic (exact) mass is 482 g/mol. The Balaban J connectivity index is 1.34. The van der Waals surface area contributed by atoms with E-state index in [0.717, 1.165) is 40.8 Å². The predicted octanol–water partition coefficient (Wildman–Crippen LogP) is 4.29. The maximum absolute atomic E-state index is 13.4. The number of benzene rings is 3. The standard InChI is InChI=1S/C29H30N4O3/c1-20-6-8-21(9-7-20)28(34)32-27(18-22-19-30-26-5-3-2-4-25(22)26)29(35)31-23-10-12-24(13-11-23)33-14-16-36-17-15-33/h2-13,19,27,30H,14-18H2,1H3,(H,31,35)(H,32,34)/t27-/m0/s1. The molecule has 0 aliphatic carbocycles. The minimum atomic E-state index is -0.753. The van der Waals surface area contributed by atoms with Crippen LogP contribution in [0.1, 0.15) is 21.5 Å². The molecule has 184 valence electrons. The molecule has 5 rings (SSSR count). The summed E-state index contributed by atoms with van der Waals surface area (Å²) >= 11 is 0. The number of carbonyl (C=O) groups is 2. The minimum Gasteiger partial charge on any atom is -0.378 e. The molecule has 7 nitrogen and oxygen atoms in total. The van der Waals surface area contributed by atoms with Crippen molar-refractivity contribution in [2.24, 2.45) is 0 Å². The van der Waals surface area contributed by atoms with Crippen molar-refractivity contribution in [2.45, 2.75) is 19.4 Å². The quantitative estimate of drug-likeness (QED) is 0.367. The van der Waals surface area contributed by atoms with E-state index in [0.29, 0.717) is 30.9 Å². The van der Waals surface area contributed by atoms with Gasteiger partial charge in [-0.3, -0.25) is 9.59 Å². The minimum absolute atomic E-state index is 0.264. The zero-order valence-corrected chi connectivity index (χ0v) is 20.3. The number of para-hydroxylation sites is 1. The summed E-state index contributed by atoms with van der Waals surface area (Å²) in [5.41, 5.74) is 5.34. The first-order valence-corrected chi connectivity index (χ1v) is 12.2. The molecule has 4 aromatic rings. The van der Waals surface area contributed by atoms with E-state index in [9.17, 15) is 9.59 Å². The Bertz CT molecular complexity index is 1340. The summed E-state index contributed by atoms with van der Waals surface area (Å²) in [6.07, 6.45) is 2.26. The molecule has 0 bridgehead atoms. The number of morpholine rings is 1. The fourth-order valence-corrected chi connectivity index (χ4v) is 4.48. The molecule has 1 aromatic heterocycles. The first-order valence-electron chi connectivity index (χ1n) is 12.2. The van der Waals surface area contributed by atoms with Crippen LogP contribution in [0.15, 0.2) is 79.0 Å². The molecule has 1 fully saturated rings. The Hall–Kier alpha value is -4.10. The smallest absolute Gasteiger partial charge is 0.251 e. The summed E-state index contributed by atoms with van der Waals surface area (Å²) in [6.45, 7) is 5.11. The average molecular weight is 483 g/mol. The molecule has 1 aliphatic heterocycles. The number of hydrogen-bond donors (Lipinski definition) is 3. The lowest BCUT2D eigenvalue weighted by Gasteiger charge is -2.29. The van der Waals surface area contributed by atoms with Crippen LogP contribution < -0.4 is 15.5 Å². The highest BCUT2D eigenvalue weighted by molar-refractivity contribution is 6.01. The Labute approximate surface area is 210 Å². The van der Waals surface area contributed by atoms with Gasteiger partial charge in [-0.25, -0.2) is 0 Å². The summed E-state index contributed by atoms with van der Waals surface area (Å²) in [4.78, 5) is 32.0. The predicted molar refractivity (Wildman–Crippen MR) is 143 cm³/mol. The van der Waals surface area contributed by atoms with Crippen molar-refractivity contribution in [3.63, 3.8) is 0 Å². The number of ether oxygens (including phenoxy) is 1. The molecule has 36 heavy (non-hydrogen) atoms. The van der Waals surface area contributed by atoms with E-state index < -0.39 is 6.04 Å². The van der Waals surface area contributed by atoms with E-state index in [1.54, 1.807) is 12.1 Å². The van der Waals surface area contributed by atoms with E-state index in [1.807, 2.05) is 73.8 Å². The van der Waals surface area contributed by atoms with Crippen molar-refractivity contribution in [3.8, 4) is 0 Å². The number of anilines is 2. The molecule has 1 atom stereocenters. The van der Waals surface area contributed by atoms with Crippen LogP contribution in [0.5, 0.6) is 0 Å². The van der Waals surface area contributed by atoms with Crippen molar-refractivity contribution in [1.29, 1.82) is 0 Å². The van der Waals surface area contributed by atoms with Gasteiger partial charge in [-0.1, -0.05) is 35.9 Å². The van der Waals surface area contributed by atoms with Crippen LogP contribution in [0.3, 0.4) is 0 Å². The molecule has 2 heterocycles. The first kappa shape index (κ1) is 23.6. The molecule has 1 saturated heterocycles. The lowest BCUT2D eigenvalue weighted by Crippen LogP contribution is -2.45. The maximum Gasteiger partial charge on any atom is 0.251 e. The van der Waals surface area contributed by atoms with Crippen molar-refractivity contribution in [1.82, 2.24) is 10.3 Å². The Morgan fingerprint density at radius 1 is 0.972 bits per heavy atom. The fraction of sp³-hybridized carbons (Fsp3) is 0.241. The highest BCUT2D eigenvalue weighted by Crippen LogP contribution is 2.22. The van der Waals surface area contributed by atoms with Crippen molar-refractivity contribution in [3.05, 3.63) is 95.7 Å². The normalized spacial score (nSPS) is 14.4. The van der Waals surface area contributed by atoms with Gasteiger partial charge in [-0.05, 0) is 55.0 Å². The van der Waals surface area contributed by atoms with Gasteiger partial charge in [-0.2, -0.15) is 0 Å². The Morgan fingerprint density at radius 3 is 2.44 bits per heavy atom. The van der Waals surface area contributed by atoms with Gasteiger partial charge in [0.25, 0.3) is 5.91 Å². The van der Waals surface area contributed by atoms with E-state index in [-0.39, 0.29) is 11.8 Å². The number of rotatable bonds is 7. The first-order chi connectivity index (χ1) is 17.6. The summed E-state index contributed by atoms with van der Waals surface area (Å²) in [7, 11) is 0. The van der Waals surface area contributed by atoms with Crippen molar-refractivity contribution >= 4 is 34.1 Å². The van der Waals surface area contributed by atoms with Gasteiger partial charge in [0.2, 0.25) is 5.91 Å². The molecular weight excluding hydrogens is 452 g/mol. The van der Waals surface area contributed by atoms with Crippen LogP contribution in [0.2, 0.25) is 0 Å². The SMILES string of the molecule is Cc1ccc(C(=O)N[C@@H](Cc2c[nH]c3ccccc23)C(=O)Nc2ccc(N3CCOCC3)cc2)cc1. The number of aryl methyl sites for hydroxylation is 1.